The first-order chi connectivity index (χ1) is 11.5. The number of fused-ring (bicyclic) bond motifs is 1. The van der Waals surface area contributed by atoms with Gasteiger partial charge in [-0.3, -0.25) is 4.79 Å². The van der Waals surface area contributed by atoms with Crippen LogP contribution in [0.1, 0.15) is 26.3 Å². The van der Waals surface area contributed by atoms with Gasteiger partial charge in [0.15, 0.2) is 5.76 Å². The highest BCUT2D eigenvalue weighted by atomic mass is 16.5. The molecule has 0 aromatic heterocycles. The Morgan fingerprint density at radius 3 is 2.58 bits per heavy atom. The molecule has 6 nitrogen and oxygen atoms in total. The van der Waals surface area contributed by atoms with E-state index in [1.54, 1.807) is 31.4 Å². The van der Waals surface area contributed by atoms with E-state index in [1.807, 2.05) is 0 Å². The van der Waals surface area contributed by atoms with Crippen molar-refractivity contribution in [3.63, 3.8) is 0 Å². The van der Waals surface area contributed by atoms with E-state index in [2.05, 4.69) is 0 Å². The molecule has 122 valence electrons. The lowest BCUT2D eigenvalue weighted by molar-refractivity contribution is 0.0697. The second-order valence-corrected chi connectivity index (χ2v) is 5.06. The van der Waals surface area contributed by atoms with Crippen LogP contribution < -0.4 is 14.2 Å². The van der Waals surface area contributed by atoms with Gasteiger partial charge in [-0.15, -0.1) is 0 Å². The molecule has 3 rings (SSSR count). The highest BCUT2D eigenvalue weighted by Crippen LogP contribution is 2.34. The molecule has 2 aromatic rings. The molecule has 1 heterocycles. The van der Waals surface area contributed by atoms with Gasteiger partial charge in [-0.05, 0) is 36.4 Å². The molecule has 6 heteroatoms. The van der Waals surface area contributed by atoms with Crippen molar-refractivity contribution < 1.29 is 28.9 Å². The maximum absolute atomic E-state index is 12.4. The van der Waals surface area contributed by atoms with Crippen LogP contribution in [0.15, 0.2) is 42.2 Å². The summed E-state index contributed by atoms with van der Waals surface area (Å²) in [4.78, 5) is 23.5. The van der Waals surface area contributed by atoms with E-state index in [-0.39, 0.29) is 22.7 Å². The summed E-state index contributed by atoms with van der Waals surface area (Å²) in [6.45, 7) is 0. The number of hydrogen-bond acceptors (Lipinski definition) is 5. The molecule has 0 unspecified atom stereocenters. The van der Waals surface area contributed by atoms with Gasteiger partial charge in [0.2, 0.25) is 5.78 Å². The molecule has 24 heavy (non-hydrogen) atoms. The number of carboxylic acids is 1. The zero-order chi connectivity index (χ0) is 17.3. The minimum absolute atomic E-state index is 0.0361. The van der Waals surface area contributed by atoms with E-state index in [1.165, 1.54) is 25.3 Å². The summed E-state index contributed by atoms with van der Waals surface area (Å²) < 4.78 is 16.0. The molecule has 0 saturated heterocycles. The van der Waals surface area contributed by atoms with Crippen LogP contribution in [-0.2, 0) is 0 Å². The van der Waals surface area contributed by atoms with Crippen molar-refractivity contribution in [2.45, 2.75) is 0 Å². The fraction of sp³-hybridized carbons (Fsp3) is 0.111. The molecule has 0 fully saturated rings. The maximum atomic E-state index is 12.4. The van der Waals surface area contributed by atoms with Gasteiger partial charge in [0, 0.05) is 11.6 Å². The van der Waals surface area contributed by atoms with E-state index >= 15 is 0 Å². The molecule has 0 radical (unpaired) electrons. The van der Waals surface area contributed by atoms with E-state index in [9.17, 15) is 9.59 Å². The zero-order valence-corrected chi connectivity index (χ0v) is 13.0. The first-order valence-corrected chi connectivity index (χ1v) is 7.07. The maximum Gasteiger partial charge on any atom is 0.335 e. The summed E-state index contributed by atoms with van der Waals surface area (Å²) in [5.74, 6) is 0.132. The summed E-state index contributed by atoms with van der Waals surface area (Å²) in [7, 11) is 3.06. The lowest BCUT2D eigenvalue weighted by Crippen LogP contribution is -2.00. The predicted octanol–water partition coefficient (Wildman–Crippen LogP) is 3.02. The molecular formula is C18H14O6. The van der Waals surface area contributed by atoms with Gasteiger partial charge in [-0.2, -0.15) is 0 Å². The highest BCUT2D eigenvalue weighted by molar-refractivity contribution is 6.15. The molecule has 0 bridgehead atoms. The Hall–Kier alpha value is -3.28. The van der Waals surface area contributed by atoms with Crippen molar-refractivity contribution in [2.24, 2.45) is 0 Å². The minimum Gasteiger partial charge on any atom is -0.497 e. The van der Waals surface area contributed by atoms with Gasteiger partial charge >= 0.3 is 5.97 Å². The fourth-order valence-corrected chi connectivity index (χ4v) is 2.40. The van der Waals surface area contributed by atoms with Crippen LogP contribution in [0.4, 0.5) is 0 Å². The van der Waals surface area contributed by atoms with E-state index in [0.717, 1.165) is 0 Å². The Kier molecular flexibility index (Phi) is 3.95. The number of benzene rings is 2. The molecule has 1 aliphatic heterocycles. The Morgan fingerprint density at radius 1 is 1.12 bits per heavy atom. The number of ether oxygens (including phenoxy) is 3. The first-order valence-electron chi connectivity index (χ1n) is 7.07. The van der Waals surface area contributed by atoms with Crippen LogP contribution in [0.3, 0.4) is 0 Å². The third-order valence-electron chi connectivity index (χ3n) is 3.64. The number of rotatable bonds is 4. The summed E-state index contributed by atoms with van der Waals surface area (Å²) in [5, 5.41) is 9.03. The number of carboxylic acid groups (broad SMARTS) is 1. The molecule has 0 saturated carbocycles. The van der Waals surface area contributed by atoms with Crippen molar-refractivity contribution in [3.8, 4) is 17.2 Å². The smallest absolute Gasteiger partial charge is 0.335 e. The summed E-state index contributed by atoms with van der Waals surface area (Å²) in [6, 6.07) is 9.36. The standard InChI is InChI=1S/C18H14O6/c1-22-12-5-3-10(15(9-12)23-2)8-16-17(19)13-7-11(18(20)21)4-6-14(13)24-16/h3-9H,1-2H3,(H,20,21). The molecule has 1 aliphatic rings. The average Bonchev–Trinajstić information content (AvgIpc) is 2.90. The van der Waals surface area contributed by atoms with Crippen molar-refractivity contribution in [1.29, 1.82) is 0 Å². The lowest BCUT2D eigenvalue weighted by atomic mass is 10.1. The SMILES string of the molecule is COc1ccc(C=C2Oc3ccc(C(=O)O)cc3C2=O)c(OC)c1. The Balaban J connectivity index is 1.98. The molecule has 1 N–H and O–H groups in total. The van der Waals surface area contributed by atoms with Crippen molar-refractivity contribution in [1.82, 2.24) is 0 Å². The van der Waals surface area contributed by atoms with E-state index < -0.39 is 5.97 Å². The van der Waals surface area contributed by atoms with Crippen LogP contribution in [0.5, 0.6) is 17.2 Å². The Labute approximate surface area is 137 Å². The number of carbonyl (C=O) groups excluding carboxylic acids is 1. The average molecular weight is 326 g/mol. The minimum atomic E-state index is -1.10. The number of methoxy groups -OCH3 is 2. The summed E-state index contributed by atoms with van der Waals surface area (Å²) in [6.07, 6.45) is 1.56. The monoisotopic (exact) mass is 326 g/mol. The number of Topliss-reactive ketones (excluding diaryl/α,β-unsaturated/α-hetero) is 1. The fourth-order valence-electron chi connectivity index (χ4n) is 2.40. The predicted molar refractivity (Wildman–Crippen MR) is 85.9 cm³/mol. The molecule has 0 spiro atoms. The van der Waals surface area contributed by atoms with Gasteiger partial charge in [-0.25, -0.2) is 4.79 Å². The van der Waals surface area contributed by atoms with Crippen LogP contribution in [-0.4, -0.2) is 31.1 Å². The van der Waals surface area contributed by atoms with Gasteiger partial charge in [0.05, 0.1) is 25.3 Å². The van der Waals surface area contributed by atoms with Crippen LogP contribution in [0.25, 0.3) is 6.08 Å². The number of hydrogen-bond donors (Lipinski definition) is 1. The third-order valence-corrected chi connectivity index (χ3v) is 3.64. The summed E-state index contributed by atoms with van der Waals surface area (Å²) in [5.41, 5.74) is 0.913. The van der Waals surface area contributed by atoms with Gasteiger partial charge in [-0.1, -0.05) is 0 Å². The van der Waals surface area contributed by atoms with Crippen LogP contribution >= 0.6 is 0 Å². The van der Waals surface area contributed by atoms with Crippen LogP contribution in [0, 0.1) is 0 Å². The first kappa shape index (κ1) is 15.6. The molecule has 0 amide bonds. The van der Waals surface area contributed by atoms with Gasteiger partial charge < -0.3 is 19.3 Å². The normalized spacial score (nSPS) is 14.2. The zero-order valence-electron chi connectivity index (χ0n) is 13.0. The van der Waals surface area contributed by atoms with E-state index in [4.69, 9.17) is 19.3 Å². The van der Waals surface area contributed by atoms with Gasteiger partial charge in [0.1, 0.15) is 17.2 Å². The third kappa shape index (κ3) is 2.69. The van der Waals surface area contributed by atoms with Crippen LogP contribution in [0.2, 0.25) is 0 Å². The number of ketones is 1. The Bertz CT molecular complexity index is 866. The Morgan fingerprint density at radius 2 is 1.92 bits per heavy atom. The van der Waals surface area contributed by atoms with Gasteiger partial charge in [0.25, 0.3) is 0 Å². The molecular weight excluding hydrogens is 312 g/mol. The van der Waals surface area contributed by atoms with Crippen molar-refractivity contribution in [3.05, 3.63) is 58.8 Å². The molecule has 2 aromatic carbocycles. The second kappa shape index (κ2) is 6.08. The van der Waals surface area contributed by atoms with Crippen molar-refractivity contribution in [2.75, 3.05) is 14.2 Å². The number of carbonyl (C=O) groups is 2. The number of aromatic carboxylic acids is 1. The lowest BCUT2D eigenvalue weighted by Gasteiger charge is -2.07. The largest absolute Gasteiger partial charge is 0.497 e. The molecule has 0 aliphatic carbocycles. The van der Waals surface area contributed by atoms with E-state index in [0.29, 0.717) is 22.8 Å². The summed E-state index contributed by atoms with van der Waals surface area (Å²) >= 11 is 0. The highest BCUT2D eigenvalue weighted by Gasteiger charge is 2.28. The quantitative estimate of drug-likeness (QED) is 0.870. The topological polar surface area (TPSA) is 82.1 Å². The molecule has 0 atom stereocenters. The van der Waals surface area contributed by atoms with Crippen molar-refractivity contribution >= 4 is 17.8 Å². The second-order valence-electron chi connectivity index (χ2n) is 5.06. The number of allylic oxidation sites excluding steroid dienone is 1.